The van der Waals surface area contributed by atoms with E-state index in [0.29, 0.717) is 10.0 Å². The summed E-state index contributed by atoms with van der Waals surface area (Å²) in [5.41, 5.74) is 25.2. The number of nitrogens with zero attached hydrogens (tertiary/aromatic N) is 4. The Bertz CT molecular complexity index is 982. The van der Waals surface area contributed by atoms with E-state index in [9.17, 15) is 0 Å². The molecule has 3 rings (SSSR count). The summed E-state index contributed by atoms with van der Waals surface area (Å²) in [5, 5.41) is 7.15. The Morgan fingerprint density at radius 2 is 0.941 bits per heavy atom. The quantitative estimate of drug-likeness (QED) is 0.276. The molecular weight excluding hydrogens is 475 g/mol. The Balaban J connectivity index is 1.48. The minimum Gasteiger partial charge on any atom is -0.369 e. The van der Waals surface area contributed by atoms with Gasteiger partial charge >= 0.3 is 0 Å². The van der Waals surface area contributed by atoms with Gasteiger partial charge in [0.2, 0.25) is 23.8 Å². The van der Waals surface area contributed by atoms with Crippen LogP contribution in [0.4, 0.5) is 11.4 Å². The molecule has 0 spiro atoms. The highest BCUT2D eigenvalue weighted by Gasteiger charge is 2.21. The summed E-state index contributed by atoms with van der Waals surface area (Å²) in [4.78, 5) is 17.2. The third-order valence-electron chi connectivity index (χ3n) is 5.00. The van der Waals surface area contributed by atoms with Gasteiger partial charge in [0.1, 0.15) is 0 Å². The first-order valence-electron chi connectivity index (χ1n) is 10.7. The Morgan fingerprint density at radius 3 is 1.26 bits per heavy atom. The van der Waals surface area contributed by atoms with Crippen molar-refractivity contribution in [2.75, 3.05) is 10.6 Å². The van der Waals surface area contributed by atoms with Crippen LogP contribution in [-0.4, -0.2) is 35.9 Å². The van der Waals surface area contributed by atoms with Crippen LogP contribution >= 0.6 is 23.2 Å². The van der Waals surface area contributed by atoms with Gasteiger partial charge in [-0.3, -0.25) is 0 Å². The third kappa shape index (κ3) is 8.45. The molecule has 1 aliphatic rings. The molecule has 34 heavy (non-hydrogen) atoms. The maximum atomic E-state index is 5.95. The molecule has 0 atom stereocenters. The Labute approximate surface area is 208 Å². The van der Waals surface area contributed by atoms with Gasteiger partial charge in [-0.2, -0.15) is 9.98 Å². The average molecular weight is 503 g/mol. The lowest BCUT2D eigenvalue weighted by molar-refractivity contribution is 0.397. The molecule has 10 nitrogen and oxygen atoms in total. The summed E-state index contributed by atoms with van der Waals surface area (Å²) in [6.45, 7) is 0. The number of benzene rings is 2. The summed E-state index contributed by atoms with van der Waals surface area (Å²) in [6, 6.07) is 14.2. The van der Waals surface area contributed by atoms with E-state index < -0.39 is 0 Å². The van der Waals surface area contributed by atoms with Gasteiger partial charge in [-0.15, -0.1) is 0 Å². The number of halogens is 2. The van der Waals surface area contributed by atoms with Crippen molar-refractivity contribution in [2.45, 2.75) is 37.8 Å². The number of nitrogens with two attached hydrogens (primary N) is 4. The monoisotopic (exact) mass is 502 g/mol. The Kier molecular flexibility index (Phi) is 8.94. The molecular formula is C22H28Cl2N10. The van der Waals surface area contributed by atoms with Crippen molar-refractivity contribution in [3.63, 3.8) is 0 Å². The van der Waals surface area contributed by atoms with Crippen molar-refractivity contribution in [3.05, 3.63) is 58.6 Å². The fourth-order valence-corrected chi connectivity index (χ4v) is 3.67. The molecule has 1 saturated carbocycles. The van der Waals surface area contributed by atoms with E-state index in [1.165, 1.54) is 0 Å². The van der Waals surface area contributed by atoms with Crippen LogP contribution in [0.25, 0.3) is 0 Å². The second kappa shape index (κ2) is 12.1. The molecule has 0 unspecified atom stereocenters. The van der Waals surface area contributed by atoms with Crippen molar-refractivity contribution in [1.29, 1.82) is 0 Å². The summed E-state index contributed by atoms with van der Waals surface area (Å²) in [5.74, 6) is 0.543. The van der Waals surface area contributed by atoms with Crippen LogP contribution in [0, 0.1) is 0 Å². The topological polar surface area (TPSA) is 178 Å². The molecule has 10 N–H and O–H groups in total. The molecule has 0 amide bonds. The van der Waals surface area contributed by atoms with E-state index in [0.717, 1.165) is 37.1 Å². The van der Waals surface area contributed by atoms with Crippen LogP contribution in [-0.2, 0) is 0 Å². The summed E-state index contributed by atoms with van der Waals surface area (Å²) in [7, 11) is 0. The molecule has 12 heteroatoms. The van der Waals surface area contributed by atoms with Crippen molar-refractivity contribution in [1.82, 2.24) is 0 Å². The number of anilines is 2. The molecule has 180 valence electrons. The second-order valence-corrected chi connectivity index (χ2v) is 8.57. The highest BCUT2D eigenvalue weighted by atomic mass is 35.5. The number of nitrogens with one attached hydrogen (secondary N) is 2. The zero-order valence-electron chi connectivity index (χ0n) is 18.5. The first kappa shape index (κ1) is 25.1. The van der Waals surface area contributed by atoms with Gasteiger partial charge < -0.3 is 33.6 Å². The van der Waals surface area contributed by atoms with E-state index in [-0.39, 0.29) is 35.9 Å². The summed E-state index contributed by atoms with van der Waals surface area (Å²) in [6.07, 6.45) is 3.18. The number of aliphatic imine (C=N–C) groups is 4. The lowest BCUT2D eigenvalue weighted by Crippen LogP contribution is -2.29. The third-order valence-corrected chi connectivity index (χ3v) is 5.50. The second-order valence-electron chi connectivity index (χ2n) is 7.69. The highest BCUT2D eigenvalue weighted by molar-refractivity contribution is 6.31. The van der Waals surface area contributed by atoms with Crippen LogP contribution in [0.2, 0.25) is 10.0 Å². The van der Waals surface area contributed by atoms with Crippen LogP contribution in [0.1, 0.15) is 25.7 Å². The predicted molar refractivity (Wildman–Crippen MR) is 143 cm³/mol. The van der Waals surface area contributed by atoms with Gasteiger partial charge in [-0.1, -0.05) is 23.2 Å². The number of hydrogen-bond acceptors (Lipinski definition) is 2. The maximum absolute atomic E-state index is 5.95. The van der Waals surface area contributed by atoms with Gasteiger partial charge in [0.25, 0.3) is 0 Å². The van der Waals surface area contributed by atoms with E-state index in [1.54, 1.807) is 48.5 Å². The normalized spacial score (nSPS) is 20.2. The van der Waals surface area contributed by atoms with Crippen molar-refractivity contribution >= 4 is 58.4 Å². The summed E-state index contributed by atoms with van der Waals surface area (Å²) < 4.78 is 0. The van der Waals surface area contributed by atoms with Crippen LogP contribution < -0.4 is 33.6 Å². The van der Waals surface area contributed by atoms with E-state index in [4.69, 9.17) is 46.1 Å². The van der Waals surface area contributed by atoms with E-state index in [2.05, 4.69) is 30.6 Å². The van der Waals surface area contributed by atoms with Gasteiger partial charge in [0.15, 0.2) is 0 Å². The first-order valence-corrected chi connectivity index (χ1v) is 11.4. The van der Waals surface area contributed by atoms with E-state index in [1.807, 2.05) is 0 Å². The molecule has 2 aromatic rings. The van der Waals surface area contributed by atoms with Crippen LogP contribution in [0.15, 0.2) is 68.5 Å². The maximum Gasteiger partial charge on any atom is 0.218 e. The van der Waals surface area contributed by atoms with Gasteiger partial charge in [0.05, 0.1) is 12.1 Å². The van der Waals surface area contributed by atoms with E-state index >= 15 is 0 Å². The number of rotatable bonds is 4. The zero-order valence-corrected chi connectivity index (χ0v) is 20.0. The molecule has 0 heterocycles. The predicted octanol–water partition coefficient (Wildman–Crippen LogP) is 3.09. The Morgan fingerprint density at radius 1 is 0.618 bits per heavy atom. The molecule has 0 aromatic heterocycles. The Hall–Kier alpha value is -3.50. The molecule has 0 aliphatic heterocycles. The van der Waals surface area contributed by atoms with Crippen molar-refractivity contribution < 1.29 is 0 Å². The smallest absolute Gasteiger partial charge is 0.218 e. The molecule has 1 fully saturated rings. The van der Waals surface area contributed by atoms with Gasteiger partial charge in [0, 0.05) is 21.4 Å². The van der Waals surface area contributed by atoms with Gasteiger partial charge in [-0.05, 0) is 74.2 Å². The molecule has 1 aliphatic carbocycles. The van der Waals surface area contributed by atoms with Gasteiger partial charge in [-0.25, -0.2) is 9.98 Å². The SMILES string of the molecule is NC(=NC1CCC(N=C(N)/N=C(\N)Nc2ccc(Cl)cc2)CC1)/N=C(\N)Nc1ccc(Cl)cc1. The lowest BCUT2D eigenvalue weighted by atomic mass is 9.92. The minimum atomic E-state index is 0.0416. The lowest BCUT2D eigenvalue weighted by Gasteiger charge is -2.23. The van der Waals surface area contributed by atoms with Crippen molar-refractivity contribution in [2.24, 2.45) is 42.9 Å². The molecule has 0 saturated heterocycles. The molecule has 0 radical (unpaired) electrons. The number of hydrogen-bond donors (Lipinski definition) is 6. The first-order chi connectivity index (χ1) is 16.3. The molecule has 2 aromatic carbocycles. The van der Waals surface area contributed by atoms with Crippen LogP contribution in [0.3, 0.4) is 0 Å². The standard InChI is InChI=1S/C22H28Cl2N10/c23-13-1-5-15(6-2-13)29-19(25)33-21(27)31-17-9-11-18(12-10-17)32-22(28)34-20(26)30-16-7-3-14(24)4-8-16/h1-8,17-18H,9-12H2,(H5,25,27,29,31,33)(H5,26,28,30,32,34). The van der Waals surface area contributed by atoms with Crippen LogP contribution in [0.5, 0.6) is 0 Å². The fourth-order valence-electron chi connectivity index (χ4n) is 3.41. The van der Waals surface area contributed by atoms with Crippen molar-refractivity contribution in [3.8, 4) is 0 Å². The average Bonchev–Trinajstić information content (AvgIpc) is 2.78. The summed E-state index contributed by atoms with van der Waals surface area (Å²) >= 11 is 11.7. The fraction of sp³-hybridized carbons (Fsp3) is 0.273. The molecule has 0 bridgehead atoms. The number of guanidine groups is 4. The minimum absolute atomic E-state index is 0.0416. The highest BCUT2D eigenvalue weighted by Crippen LogP contribution is 2.23. The largest absolute Gasteiger partial charge is 0.369 e. The zero-order chi connectivity index (χ0) is 24.5.